The van der Waals surface area contributed by atoms with E-state index in [-0.39, 0.29) is 51.0 Å². The van der Waals surface area contributed by atoms with Gasteiger partial charge in [0.1, 0.15) is 11.1 Å². The highest BCUT2D eigenvalue weighted by molar-refractivity contribution is 5.93. The Morgan fingerprint density at radius 2 is 1.36 bits per heavy atom. The van der Waals surface area contributed by atoms with Gasteiger partial charge < -0.3 is 38.7 Å². The summed E-state index contributed by atoms with van der Waals surface area (Å²) in [5, 5.41) is 30.1. The fourth-order valence-electron chi connectivity index (χ4n) is 2.94. The Labute approximate surface area is 158 Å². The first-order valence-electron chi connectivity index (χ1n) is 7.96. The van der Waals surface area contributed by atoms with Crippen LogP contribution in [0, 0.1) is 0 Å². The fraction of sp³-hybridized carbons (Fsp3) is 0.211. The normalized spacial score (nSPS) is 10.7. The van der Waals surface area contributed by atoms with Crippen LogP contribution in [0.4, 0.5) is 0 Å². The molecule has 9 heteroatoms. The van der Waals surface area contributed by atoms with Gasteiger partial charge in [-0.1, -0.05) is 0 Å². The van der Waals surface area contributed by atoms with Crippen molar-refractivity contribution in [1.82, 2.24) is 0 Å². The van der Waals surface area contributed by atoms with E-state index in [4.69, 9.17) is 23.4 Å². The van der Waals surface area contributed by atoms with Gasteiger partial charge in [0.25, 0.3) is 0 Å². The molecule has 0 fully saturated rings. The van der Waals surface area contributed by atoms with Crippen LogP contribution >= 0.6 is 0 Å². The Balaban J connectivity index is 2.45. The molecule has 3 N–H and O–H groups in total. The van der Waals surface area contributed by atoms with Gasteiger partial charge in [-0.25, -0.2) is 0 Å². The van der Waals surface area contributed by atoms with Crippen LogP contribution in [0.25, 0.3) is 22.3 Å². The highest BCUT2D eigenvalue weighted by Crippen LogP contribution is 2.45. The minimum Gasteiger partial charge on any atom is -0.507 e. The molecule has 2 aromatic carbocycles. The van der Waals surface area contributed by atoms with E-state index in [1.54, 1.807) is 0 Å². The third-order valence-electron chi connectivity index (χ3n) is 4.17. The number of methoxy groups -OCH3 is 4. The van der Waals surface area contributed by atoms with Crippen LogP contribution in [-0.4, -0.2) is 43.8 Å². The van der Waals surface area contributed by atoms with Crippen molar-refractivity contribution in [3.05, 3.63) is 28.4 Å². The second-order valence-electron chi connectivity index (χ2n) is 5.68. The van der Waals surface area contributed by atoms with Gasteiger partial charge >= 0.3 is 0 Å². The Bertz CT molecular complexity index is 1120. The quantitative estimate of drug-likeness (QED) is 0.602. The summed E-state index contributed by atoms with van der Waals surface area (Å²) in [6, 6.07) is 3.74. The molecule has 28 heavy (non-hydrogen) atoms. The minimum atomic E-state index is -0.691. The van der Waals surface area contributed by atoms with Crippen molar-refractivity contribution in [2.45, 2.75) is 0 Å². The molecule has 3 aromatic rings. The van der Waals surface area contributed by atoms with Crippen LogP contribution in [-0.2, 0) is 0 Å². The lowest BCUT2D eigenvalue weighted by atomic mass is 10.1. The molecule has 0 spiro atoms. The Morgan fingerprint density at radius 3 is 1.93 bits per heavy atom. The highest BCUT2D eigenvalue weighted by atomic mass is 16.5. The van der Waals surface area contributed by atoms with Crippen LogP contribution in [0.15, 0.2) is 27.4 Å². The predicted molar refractivity (Wildman–Crippen MR) is 99.1 cm³/mol. The molecule has 148 valence electrons. The molecule has 0 radical (unpaired) electrons. The summed E-state index contributed by atoms with van der Waals surface area (Å²) in [5.74, 6) is -1.31. The van der Waals surface area contributed by atoms with E-state index in [0.717, 1.165) is 6.07 Å². The zero-order chi connectivity index (χ0) is 20.6. The monoisotopic (exact) mass is 390 g/mol. The van der Waals surface area contributed by atoms with Crippen molar-refractivity contribution in [2.75, 3.05) is 28.4 Å². The second-order valence-corrected chi connectivity index (χ2v) is 5.68. The topological polar surface area (TPSA) is 128 Å². The van der Waals surface area contributed by atoms with Gasteiger partial charge in [0.2, 0.25) is 22.7 Å². The maximum atomic E-state index is 12.9. The zero-order valence-electron chi connectivity index (χ0n) is 15.5. The summed E-state index contributed by atoms with van der Waals surface area (Å²) in [4.78, 5) is 12.9. The van der Waals surface area contributed by atoms with Gasteiger partial charge in [-0.15, -0.1) is 0 Å². The Kier molecular flexibility index (Phi) is 4.83. The lowest BCUT2D eigenvalue weighted by Gasteiger charge is -2.15. The standard InChI is InChI=1S/C19H18O9/c1-24-12-6-8(5-10(21)16(12)25-2)15-19(27-4)14(23)13-9(20)7-11(22)17(26-3)18(13)28-15/h5-7,20-22H,1-4H3. The van der Waals surface area contributed by atoms with E-state index in [9.17, 15) is 20.1 Å². The van der Waals surface area contributed by atoms with E-state index in [1.165, 1.54) is 40.6 Å². The maximum absolute atomic E-state index is 12.9. The van der Waals surface area contributed by atoms with Crippen LogP contribution in [0.5, 0.6) is 40.2 Å². The van der Waals surface area contributed by atoms with E-state index in [0.29, 0.717) is 0 Å². The number of aromatic hydroxyl groups is 3. The van der Waals surface area contributed by atoms with Crippen molar-refractivity contribution in [1.29, 1.82) is 0 Å². The fourth-order valence-corrected chi connectivity index (χ4v) is 2.94. The number of phenols is 3. The molecular formula is C19H18O9. The number of phenolic OH excluding ortho intramolecular Hbond substituents is 3. The molecule has 0 bridgehead atoms. The van der Waals surface area contributed by atoms with Crippen LogP contribution in [0.3, 0.4) is 0 Å². The van der Waals surface area contributed by atoms with Crippen molar-refractivity contribution in [3.8, 4) is 51.6 Å². The van der Waals surface area contributed by atoms with Crippen LogP contribution in [0.2, 0.25) is 0 Å². The minimum absolute atomic E-state index is 0.0699. The summed E-state index contributed by atoms with van der Waals surface area (Å²) in [6.07, 6.45) is 0. The molecule has 9 nitrogen and oxygen atoms in total. The number of hydrogen-bond donors (Lipinski definition) is 3. The summed E-state index contributed by atoms with van der Waals surface area (Å²) >= 11 is 0. The third kappa shape index (κ3) is 2.77. The van der Waals surface area contributed by atoms with Gasteiger partial charge in [-0.3, -0.25) is 4.79 Å². The average molecular weight is 390 g/mol. The molecule has 0 aliphatic carbocycles. The number of fused-ring (bicyclic) bond motifs is 1. The molecular weight excluding hydrogens is 372 g/mol. The maximum Gasteiger partial charge on any atom is 0.239 e. The SMILES string of the molecule is COc1cc(-c2oc3c(OC)c(O)cc(O)c3c(=O)c2OC)cc(O)c1OC. The van der Waals surface area contributed by atoms with E-state index in [1.807, 2.05) is 0 Å². The average Bonchev–Trinajstić information content (AvgIpc) is 2.66. The summed E-state index contributed by atoms with van der Waals surface area (Å²) in [6.45, 7) is 0. The van der Waals surface area contributed by atoms with Crippen molar-refractivity contribution >= 4 is 11.0 Å². The third-order valence-corrected chi connectivity index (χ3v) is 4.17. The van der Waals surface area contributed by atoms with Gasteiger partial charge in [-0.05, 0) is 12.1 Å². The van der Waals surface area contributed by atoms with E-state index in [2.05, 4.69) is 0 Å². The first-order chi connectivity index (χ1) is 13.4. The van der Waals surface area contributed by atoms with Crippen LogP contribution in [0.1, 0.15) is 0 Å². The van der Waals surface area contributed by atoms with Gasteiger partial charge in [0.05, 0.1) is 28.4 Å². The molecule has 0 amide bonds. The van der Waals surface area contributed by atoms with Gasteiger partial charge in [0, 0.05) is 11.6 Å². The second kappa shape index (κ2) is 7.10. The van der Waals surface area contributed by atoms with Crippen LogP contribution < -0.4 is 24.4 Å². The predicted octanol–water partition coefficient (Wildman–Crippen LogP) is 2.61. The Morgan fingerprint density at radius 1 is 0.750 bits per heavy atom. The molecule has 1 aromatic heterocycles. The lowest BCUT2D eigenvalue weighted by Crippen LogP contribution is -2.08. The first kappa shape index (κ1) is 19.0. The largest absolute Gasteiger partial charge is 0.507 e. The Hall–Kier alpha value is -3.75. The van der Waals surface area contributed by atoms with E-state index < -0.39 is 16.9 Å². The van der Waals surface area contributed by atoms with E-state index >= 15 is 0 Å². The zero-order valence-corrected chi connectivity index (χ0v) is 15.5. The molecule has 0 aliphatic rings. The molecule has 1 heterocycles. The summed E-state index contributed by atoms with van der Waals surface area (Å²) in [5.41, 5.74) is -0.644. The number of hydrogen-bond acceptors (Lipinski definition) is 9. The molecule has 0 atom stereocenters. The van der Waals surface area contributed by atoms with Crippen molar-refractivity contribution in [2.24, 2.45) is 0 Å². The number of rotatable bonds is 5. The summed E-state index contributed by atoms with van der Waals surface area (Å²) in [7, 11) is 5.28. The lowest BCUT2D eigenvalue weighted by molar-refractivity contribution is 0.333. The molecule has 0 saturated carbocycles. The molecule has 3 rings (SSSR count). The molecule has 0 saturated heterocycles. The van der Waals surface area contributed by atoms with Gasteiger partial charge in [-0.2, -0.15) is 0 Å². The molecule has 0 unspecified atom stereocenters. The number of benzene rings is 2. The van der Waals surface area contributed by atoms with Crippen molar-refractivity contribution < 1.29 is 38.7 Å². The van der Waals surface area contributed by atoms with Gasteiger partial charge in [0.15, 0.2) is 28.6 Å². The van der Waals surface area contributed by atoms with Crippen molar-refractivity contribution in [3.63, 3.8) is 0 Å². The smallest absolute Gasteiger partial charge is 0.239 e. The number of ether oxygens (including phenoxy) is 4. The highest BCUT2D eigenvalue weighted by Gasteiger charge is 2.25. The summed E-state index contributed by atoms with van der Waals surface area (Å²) < 4.78 is 26.4. The first-order valence-corrected chi connectivity index (χ1v) is 7.96. The molecule has 0 aliphatic heterocycles.